The molecule has 0 saturated carbocycles. The highest BCUT2D eigenvalue weighted by molar-refractivity contribution is 5.94. The number of anilines is 1. The van der Waals surface area contributed by atoms with Crippen LogP contribution < -0.4 is 16.0 Å². The molecule has 0 aromatic heterocycles. The zero-order valence-corrected chi connectivity index (χ0v) is 16.4. The number of guanidine groups is 1. The van der Waals surface area contributed by atoms with E-state index < -0.39 is 0 Å². The van der Waals surface area contributed by atoms with Gasteiger partial charge in [0.2, 0.25) is 5.91 Å². The molecule has 1 heterocycles. The zero-order valence-electron chi connectivity index (χ0n) is 16.4. The van der Waals surface area contributed by atoms with Gasteiger partial charge in [-0.25, -0.2) is 9.38 Å². The maximum absolute atomic E-state index is 12.9. The van der Waals surface area contributed by atoms with Gasteiger partial charge >= 0.3 is 0 Å². The summed E-state index contributed by atoms with van der Waals surface area (Å²) in [6.45, 7) is 8.12. The molecule has 0 radical (unpaired) electrons. The fraction of sp³-hybridized carbons (Fsp3) is 0.600. The van der Waals surface area contributed by atoms with Crippen molar-refractivity contribution >= 4 is 17.6 Å². The van der Waals surface area contributed by atoms with Crippen LogP contribution in [-0.2, 0) is 4.79 Å². The van der Waals surface area contributed by atoms with E-state index in [0.29, 0.717) is 17.7 Å². The van der Waals surface area contributed by atoms with Gasteiger partial charge in [-0.15, -0.1) is 0 Å². The summed E-state index contributed by atoms with van der Waals surface area (Å²) in [7, 11) is 0. The summed E-state index contributed by atoms with van der Waals surface area (Å²) < 4.78 is 12.9. The van der Waals surface area contributed by atoms with Gasteiger partial charge in [0.25, 0.3) is 0 Å². The van der Waals surface area contributed by atoms with E-state index in [1.54, 1.807) is 0 Å². The fourth-order valence-corrected chi connectivity index (χ4v) is 3.21. The molecule has 2 rings (SSSR count). The molecule has 1 aliphatic rings. The first-order valence-electron chi connectivity index (χ1n) is 9.90. The van der Waals surface area contributed by atoms with Gasteiger partial charge in [0.05, 0.1) is 0 Å². The smallest absolute Gasteiger partial charge is 0.246 e. The normalized spacial score (nSPS) is 18.2. The lowest BCUT2D eigenvalue weighted by Gasteiger charge is -2.33. The van der Waals surface area contributed by atoms with Crippen LogP contribution in [0.3, 0.4) is 0 Å². The number of carbonyl (C=O) groups excluding carboxylic acids is 1. The lowest BCUT2D eigenvalue weighted by Crippen LogP contribution is -2.41. The Morgan fingerprint density at radius 3 is 2.74 bits per heavy atom. The summed E-state index contributed by atoms with van der Waals surface area (Å²) in [6, 6.07) is 6.36. The van der Waals surface area contributed by atoms with E-state index in [-0.39, 0.29) is 18.3 Å². The van der Waals surface area contributed by atoms with Crippen molar-refractivity contribution < 1.29 is 9.18 Å². The third kappa shape index (κ3) is 7.95. The van der Waals surface area contributed by atoms with Crippen LogP contribution in [0.15, 0.2) is 29.3 Å². The lowest BCUT2D eigenvalue weighted by molar-refractivity contribution is -0.114. The summed E-state index contributed by atoms with van der Waals surface area (Å²) in [6.07, 6.45) is 4.97. The molecule has 1 unspecified atom stereocenters. The molecule has 1 aliphatic heterocycles. The molecule has 1 aromatic carbocycles. The number of nitrogens with zero attached hydrogens (tertiary/aromatic N) is 2. The number of amides is 1. The van der Waals surface area contributed by atoms with Crippen molar-refractivity contribution in [1.82, 2.24) is 15.5 Å². The maximum Gasteiger partial charge on any atom is 0.246 e. The van der Waals surface area contributed by atoms with E-state index in [1.807, 2.05) is 6.92 Å². The fourth-order valence-electron chi connectivity index (χ4n) is 3.21. The van der Waals surface area contributed by atoms with E-state index in [9.17, 15) is 9.18 Å². The number of likely N-dealkylation sites (tertiary alicyclic amines) is 1. The Labute approximate surface area is 161 Å². The molecule has 6 nitrogen and oxygen atoms in total. The third-order valence-corrected chi connectivity index (χ3v) is 4.71. The minimum atomic E-state index is -0.330. The molecular weight excluding hydrogens is 345 g/mol. The molecule has 1 fully saturated rings. The number of halogens is 1. The van der Waals surface area contributed by atoms with Gasteiger partial charge in [-0.3, -0.25) is 4.79 Å². The lowest BCUT2D eigenvalue weighted by atomic mass is 10.0. The van der Waals surface area contributed by atoms with E-state index in [4.69, 9.17) is 0 Å². The molecule has 27 heavy (non-hydrogen) atoms. The molecule has 150 valence electrons. The highest BCUT2D eigenvalue weighted by Gasteiger charge is 2.17. The molecule has 1 atom stereocenters. The van der Waals surface area contributed by atoms with E-state index in [2.05, 4.69) is 32.8 Å². The number of carbonyl (C=O) groups is 1. The van der Waals surface area contributed by atoms with Crippen LogP contribution in [0.25, 0.3) is 0 Å². The first-order chi connectivity index (χ1) is 13.1. The maximum atomic E-state index is 12.9. The molecule has 1 saturated heterocycles. The quantitative estimate of drug-likeness (QED) is 0.370. The van der Waals surface area contributed by atoms with Gasteiger partial charge in [0.15, 0.2) is 5.96 Å². The van der Waals surface area contributed by atoms with Crippen LogP contribution >= 0.6 is 0 Å². The minimum Gasteiger partial charge on any atom is -0.357 e. The van der Waals surface area contributed by atoms with Gasteiger partial charge in [0.1, 0.15) is 12.4 Å². The van der Waals surface area contributed by atoms with Crippen LogP contribution in [0.4, 0.5) is 10.1 Å². The van der Waals surface area contributed by atoms with Gasteiger partial charge in [-0.2, -0.15) is 0 Å². The van der Waals surface area contributed by atoms with Crippen molar-refractivity contribution in [2.75, 3.05) is 38.0 Å². The first kappa shape index (κ1) is 21.2. The van der Waals surface area contributed by atoms with Crippen LogP contribution in [0.5, 0.6) is 0 Å². The summed E-state index contributed by atoms with van der Waals surface area (Å²) >= 11 is 0. The summed E-state index contributed by atoms with van der Waals surface area (Å²) in [4.78, 5) is 18.9. The van der Waals surface area contributed by atoms with Crippen molar-refractivity contribution in [3.05, 3.63) is 30.1 Å². The Balaban J connectivity index is 1.72. The van der Waals surface area contributed by atoms with Crippen LogP contribution in [-0.4, -0.2) is 55.5 Å². The Kier molecular flexibility index (Phi) is 9.04. The SMILES string of the molecule is CCNC(=NCC(=O)Nc1ccc(F)cc1)NCCCN1CCCCC1C. The number of piperidine rings is 1. The molecule has 0 bridgehead atoms. The Morgan fingerprint density at radius 2 is 2.04 bits per heavy atom. The second kappa shape index (κ2) is 11.5. The Morgan fingerprint density at radius 1 is 1.26 bits per heavy atom. The van der Waals surface area contributed by atoms with Gasteiger partial charge in [-0.05, 0) is 63.9 Å². The molecule has 7 heteroatoms. The second-order valence-electron chi connectivity index (χ2n) is 6.91. The van der Waals surface area contributed by atoms with Crippen molar-refractivity contribution in [1.29, 1.82) is 0 Å². The van der Waals surface area contributed by atoms with E-state index in [1.165, 1.54) is 50.1 Å². The molecule has 3 N–H and O–H groups in total. The van der Waals surface area contributed by atoms with E-state index in [0.717, 1.165) is 26.1 Å². The van der Waals surface area contributed by atoms with E-state index >= 15 is 0 Å². The average molecular weight is 378 g/mol. The summed E-state index contributed by atoms with van der Waals surface area (Å²) in [5.74, 6) is 0.0722. The zero-order chi connectivity index (χ0) is 19.5. The third-order valence-electron chi connectivity index (χ3n) is 4.71. The number of nitrogens with one attached hydrogen (secondary N) is 3. The number of benzene rings is 1. The number of hydrogen-bond acceptors (Lipinski definition) is 3. The predicted octanol–water partition coefficient (Wildman–Crippen LogP) is 2.58. The number of rotatable bonds is 8. The van der Waals surface area contributed by atoms with Crippen LogP contribution in [0, 0.1) is 5.82 Å². The monoisotopic (exact) mass is 377 g/mol. The largest absolute Gasteiger partial charge is 0.357 e. The van der Waals surface area contributed by atoms with Gasteiger partial charge in [-0.1, -0.05) is 6.42 Å². The number of aliphatic imine (C=N–C) groups is 1. The standard InChI is InChI=1S/C20H32FN5O/c1-3-22-20(23-12-6-14-26-13-5-4-7-16(26)2)24-15-19(27)25-18-10-8-17(21)9-11-18/h8-11,16H,3-7,12-15H2,1-2H3,(H,25,27)(H2,22,23,24). The molecule has 1 amide bonds. The second-order valence-corrected chi connectivity index (χ2v) is 6.91. The Hall–Kier alpha value is -2.15. The van der Waals surface area contributed by atoms with Gasteiger partial charge < -0.3 is 20.9 Å². The van der Waals surface area contributed by atoms with Crippen molar-refractivity contribution in [2.24, 2.45) is 4.99 Å². The number of hydrogen-bond donors (Lipinski definition) is 3. The van der Waals surface area contributed by atoms with Crippen LogP contribution in [0.1, 0.15) is 39.5 Å². The summed E-state index contributed by atoms with van der Waals surface area (Å²) in [5, 5.41) is 9.14. The predicted molar refractivity (Wildman–Crippen MR) is 109 cm³/mol. The van der Waals surface area contributed by atoms with Crippen molar-refractivity contribution in [2.45, 2.75) is 45.6 Å². The molecule has 0 spiro atoms. The topological polar surface area (TPSA) is 68.8 Å². The highest BCUT2D eigenvalue weighted by atomic mass is 19.1. The minimum absolute atomic E-state index is 0.00979. The van der Waals surface area contributed by atoms with Crippen molar-refractivity contribution in [3.63, 3.8) is 0 Å². The molecule has 1 aromatic rings. The van der Waals surface area contributed by atoms with Gasteiger partial charge in [0, 0.05) is 31.4 Å². The van der Waals surface area contributed by atoms with Crippen molar-refractivity contribution in [3.8, 4) is 0 Å². The Bertz CT molecular complexity index is 605. The highest BCUT2D eigenvalue weighted by Crippen LogP contribution is 2.16. The summed E-state index contributed by atoms with van der Waals surface area (Å²) in [5.41, 5.74) is 0.560. The first-order valence-corrected chi connectivity index (χ1v) is 9.90. The molecular formula is C20H32FN5O. The average Bonchev–Trinajstić information content (AvgIpc) is 2.66. The molecule has 0 aliphatic carbocycles. The van der Waals surface area contributed by atoms with Crippen LogP contribution in [0.2, 0.25) is 0 Å².